The van der Waals surface area contributed by atoms with Gasteiger partial charge in [0, 0.05) is 13.5 Å². The summed E-state index contributed by atoms with van der Waals surface area (Å²) < 4.78 is 0. The topological polar surface area (TPSA) is 153 Å². The minimum atomic E-state index is -1.57. The molecule has 1 amide bonds. The number of nitrogens with one attached hydrogen (secondary N) is 2. The lowest BCUT2D eigenvalue weighted by atomic mass is 9.90. The van der Waals surface area contributed by atoms with Gasteiger partial charge in [0.25, 0.3) is 0 Å². The molecule has 1 saturated heterocycles. The summed E-state index contributed by atoms with van der Waals surface area (Å²) >= 11 is 0. The molecule has 0 spiro atoms. The van der Waals surface area contributed by atoms with Gasteiger partial charge in [-0.15, -0.1) is 0 Å². The average molecular weight is 302 g/mol. The van der Waals surface area contributed by atoms with E-state index in [1.807, 2.05) is 0 Å². The SMILES string of the molecule is CC(=O)N[C@@H](CC(C(=O)O)C(=O)[C@@H]1C[C@@H](O)CN1)C(=O)O. The van der Waals surface area contributed by atoms with Crippen LogP contribution in [0.25, 0.3) is 0 Å². The van der Waals surface area contributed by atoms with E-state index in [4.69, 9.17) is 10.2 Å². The normalized spacial score (nSPS) is 24.1. The number of aliphatic hydroxyl groups excluding tert-OH is 1. The predicted molar refractivity (Wildman–Crippen MR) is 68.4 cm³/mol. The summed E-state index contributed by atoms with van der Waals surface area (Å²) in [5.41, 5.74) is 0. The van der Waals surface area contributed by atoms with Crippen molar-refractivity contribution in [1.82, 2.24) is 10.6 Å². The van der Waals surface area contributed by atoms with Crippen LogP contribution in [0.15, 0.2) is 0 Å². The third-order valence-electron chi connectivity index (χ3n) is 3.24. The number of rotatable bonds is 7. The number of carboxylic acid groups (broad SMARTS) is 2. The van der Waals surface area contributed by atoms with Gasteiger partial charge in [-0.05, 0) is 12.8 Å². The Morgan fingerprint density at radius 2 is 1.86 bits per heavy atom. The molecule has 0 aromatic rings. The molecule has 1 aliphatic rings. The van der Waals surface area contributed by atoms with Crippen LogP contribution in [0.2, 0.25) is 0 Å². The third-order valence-corrected chi connectivity index (χ3v) is 3.24. The van der Waals surface area contributed by atoms with Gasteiger partial charge in [0.1, 0.15) is 12.0 Å². The van der Waals surface area contributed by atoms with Crippen LogP contribution < -0.4 is 10.6 Å². The first-order valence-corrected chi connectivity index (χ1v) is 6.40. The molecule has 1 unspecified atom stereocenters. The van der Waals surface area contributed by atoms with Gasteiger partial charge in [-0.3, -0.25) is 14.4 Å². The van der Waals surface area contributed by atoms with Crippen LogP contribution in [-0.2, 0) is 19.2 Å². The van der Waals surface area contributed by atoms with E-state index in [2.05, 4.69) is 10.6 Å². The lowest BCUT2D eigenvalue weighted by molar-refractivity contribution is -0.149. The number of amides is 1. The maximum atomic E-state index is 12.1. The van der Waals surface area contributed by atoms with Crippen LogP contribution in [0.3, 0.4) is 0 Å². The first kappa shape index (κ1) is 17.1. The summed E-state index contributed by atoms with van der Waals surface area (Å²) in [7, 11) is 0. The smallest absolute Gasteiger partial charge is 0.326 e. The van der Waals surface area contributed by atoms with Crippen molar-refractivity contribution in [2.24, 2.45) is 5.92 Å². The van der Waals surface area contributed by atoms with E-state index in [1.54, 1.807) is 0 Å². The molecule has 0 saturated carbocycles. The van der Waals surface area contributed by atoms with Crippen LogP contribution in [0.1, 0.15) is 19.8 Å². The summed E-state index contributed by atoms with van der Waals surface area (Å²) in [5, 5.41) is 32.2. The van der Waals surface area contributed by atoms with E-state index in [0.717, 1.165) is 6.92 Å². The predicted octanol–water partition coefficient (Wildman–Crippen LogP) is -2.04. The second-order valence-electron chi connectivity index (χ2n) is 4.97. The van der Waals surface area contributed by atoms with Gasteiger partial charge in [0.05, 0.1) is 12.1 Å². The van der Waals surface area contributed by atoms with Gasteiger partial charge in [-0.1, -0.05) is 0 Å². The summed E-state index contributed by atoms with van der Waals surface area (Å²) in [5.74, 6) is -5.77. The molecule has 1 fully saturated rings. The Hall–Kier alpha value is -2.00. The average Bonchev–Trinajstić information content (AvgIpc) is 2.79. The summed E-state index contributed by atoms with van der Waals surface area (Å²) in [6.45, 7) is 1.28. The zero-order chi connectivity index (χ0) is 16.2. The van der Waals surface area contributed by atoms with Crippen LogP contribution in [0.4, 0.5) is 0 Å². The van der Waals surface area contributed by atoms with Crippen LogP contribution in [-0.4, -0.2) is 63.7 Å². The number of carboxylic acids is 2. The Labute approximate surface area is 120 Å². The highest BCUT2D eigenvalue weighted by molar-refractivity contribution is 6.01. The molecule has 1 aliphatic heterocycles. The fraction of sp³-hybridized carbons (Fsp3) is 0.667. The van der Waals surface area contributed by atoms with Crippen LogP contribution in [0, 0.1) is 5.92 Å². The minimum Gasteiger partial charge on any atom is -0.481 e. The largest absolute Gasteiger partial charge is 0.481 e. The van der Waals surface area contributed by atoms with Crippen LogP contribution in [0.5, 0.6) is 0 Å². The molecule has 0 aliphatic carbocycles. The Bertz CT molecular complexity index is 451. The first-order chi connectivity index (χ1) is 9.72. The zero-order valence-electron chi connectivity index (χ0n) is 11.4. The molecule has 21 heavy (non-hydrogen) atoms. The molecular formula is C12H18N2O7. The fourth-order valence-electron chi connectivity index (χ4n) is 2.22. The first-order valence-electron chi connectivity index (χ1n) is 6.40. The van der Waals surface area contributed by atoms with Gasteiger partial charge in [0.2, 0.25) is 5.91 Å². The number of carbonyl (C=O) groups is 4. The monoisotopic (exact) mass is 302 g/mol. The molecule has 0 radical (unpaired) electrons. The number of hydrogen-bond acceptors (Lipinski definition) is 6. The van der Waals surface area contributed by atoms with Crippen molar-refractivity contribution in [3.63, 3.8) is 0 Å². The maximum absolute atomic E-state index is 12.1. The standard InChI is InChI=1S/C12H18N2O7/c1-5(15)14-9(12(20)21)3-7(11(18)19)10(17)8-2-6(16)4-13-8/h6-9,13,16H,2-4H2,1H3,(H,14,15)(H,18,19)(H,20,21)/t6-,7?,8+,9+/m1/s1. The Balaban J connectivity index is 2.80. The number of hydrogen-bond donors (Lipinski definition) is 5. The lowest BCUT2D eigenvalue weighted by Crippen LogP contribution is -2.46. The van der Waals surface area contributed by atoms with Crippen molar-refractivity contribution < 1.29 is 34.5 Å². The third kappa shape index (κ3) is 4.80. The Morgan fingerprint density at radius 3 is 2.24 bits per heavy atom. The Kier molecular flexibility index (Phi) is 5.79. The highest BCUT2D eigenvalue weighted by Gasteiger charge is 2.39. The second kappa shape index (κ2) is 7.14. The van der Waals surface area contributed by atoms with Crippen molar-refractivity contribution in [1.29, 1.82) is 0 Å². The molecule has 9 heteroatoms. The molecule has 0 aromatic heterocycles. The fourth-order valence-corrected chi connectivity index (χ4v) is 2.22. The number of β-amino-alcohol motifs (C(OH)–C–C–N with tert-alkyl or cyclic N) is 1. The van der Waals surface area contributed by atoms with Gasteiger partial charge in [0.15, 0.2) is 5.78 Å². The lowest BCUT2D eigenvalue weighted by Gasteiger charge is -2.20. The highest BCUT2D eigenvalue weighted by Crippen LogP contribution is 2.17. The van der Waals surface area contributed by atoms with Crippen molar-refractivity contribution in [2.75, 3.05) is 6.54 Å². The van der Waals surface area contributed by atoms with E-state index in [9.17, 15) is 24.3 Å². The minimum absolute atomic E-state index is 0.0838. The van der Waals surface area contributed by atoms with Gasteiger partial charge < -0.3 is 26.0 Å². The van der Waals surface area contributed by atoms with E-state index in [-0.39, 0.29) is 13.0 Å². The quantitative estimate of drug-likeness (QED) is 0.337. The molecule has 0 bridgehead atoms. The van der Waals surface area contributed by atoms with Crippen molar-refractivity contribution >= 4 is 23.6 Å². The van der Waals surface area contributed by atoms with Gasteiger partial charge in [-0.25, -0.2) is 4.79 Å². The van der Waals surface area contributed by atoms with E-state index in [1.165, 1.54) is 0 Å². The highest BCUT2D eigenvalue weighted by atomic mass is 16.4. The van der Waals surface area contributed by atoms with Gasteiger partial charge in [-0.2, -0.15) is 0 Å². The van der Waals surface area contributed by atoms with Crippen LogP contribution >= 0.6 is 0 Å². The second-order valence-corrected chi connectivity index (χ2v) is 4.97. The number of aliphatic hydroxyl groups is 1. The summed E-state index contributed by atoms with van der Waals surface area (Å²) in [6, 6.07) is -2.29. The summed E-state index contributed by atoms with van der Waals surface area (Å²) in [4.78, 5) is 45.3. The number of Topliss-reactive ketones (excluding diaryl/α,β-unsaturated/α-hetero) is 1. The maximum Gasteiger partial charge on any atom is 0.326 e. The number of carbonyl (C=O) groups excluding carboxylic acids is 2. The molecular weight excluding hydrogens is 284 g/mol. The Morgan fingerprint density at radius 1 is 1.24 bits per heavy atom. The molecule has 118 valence electrons. The van der Waals surface area contributed by atoms with Crippen molar-refractivity contribution in [3.8, 4) is 0 Å². The van der Waals surface area contributed by atoms with Crippen molar-refractivity contribution in [3.05, 3.63) is 0 Å². The molecule has 0 aromatic carbocycles. The molecule has 9 nitrogen and oxygen atoms in total. The van der Waals surface area contributed by atoms with Gasteiger partial charge >= 0.3 is 11.9 Å². The summed E-state index contributed by atoms with van der Waals surface area (Å²) in [6.07, 6.45) is -1.20. The van der Waals surface area contributed by atoms with E-state index in [0.29, 0.717) is 0 Å². The molecule has 5 N–H and O–H groups in total. The van der Waals surface area contributed by atoms with Crippen molar-refractivity contribution in [2.45, 2.75) is 38.0 Å². The number of aliphatic carboxylic acids is 2. The van der Waals surface area contributed by atoms with E-state index >= 15 is 0 Å². The molecule has 1 heterocycles. The molecule has 4 atom stereocenters. The molecule has 1 rings (SSSR count). The zero-order valence-corrected chi connectivity index (χ0v) is 11.4. The van der Waals surface area contributed by atoms with E-state index < -0.39 is 54.2 Å². The number of ketones is 1.